The molecule has 1 atom stereocenters. The van der Waals surface area contributed by atoms with Gasteiger partial charge in [-0.2, -0.15) is 0 Å². The van der Waals surface area contributed by atoms with Gasteiger partial charge in [0, 0.05) is 12.1 Å². The molecule has 11 nitrogen and oxygen atoms in total. The van der Waals surface area contributed by atoms with E-state index < -0.39 is 16.9 Å². The van der Waals surface area contributed by atoms with Gasteiger partial charge >= 0.3 is 5.97 Å². The third-order valence-electron chi connectivity index (χ3n) is 7.21. The predicted molar refractivity (Wildman–Crippen MR) is 193 cm³/mol. The summed E-state index contributed by atoms with van der Waals surface area (Å²) < 4.78 is 26.3. The number of carbonyl (C=O) groups excluding carboxylic acids is 1. The minimum atomic E-state index is -0.819. The van der Waals surface area contributed by atoms with Crippen LogP contribution in [0.25, 0.3) is 6.08 Å². The van der Waals surface area contributed by atoms with Crippen LogP contribution in [0.3, 0.4) is 0 Å². The lowest BCUT2D eigenvalue weighted by Gasteiger charge is -2.25. The highest BCUT2D eigenvalue weighted by Crippen LogP contribution is 2.37. The van der Waals surface area contributed by atoms with Crippen molar-refractivity contribution in [3.05, 3.63) is 120 Å². The highest BCUT2D eigenvalue weighted by atomic mass is 127. The fraction of sp³-hybridized carbons (Fsp3) is 0.265. The minimum absolute atomic E-state index is 0.00946. The summed E-state index contributed by atoms with van der Waals surface area (Å²) in [6.45, 7) is 7.58. The molecule has 250 valence electrons. The van der Waals surface area contributed by atoms with E-state index in [1.54, 1.807) is 44.2 Å². The Morgan fingerprint density at radius 1 is 1.19 bits per heavy atom. The van der Waals surface area contributed by atoms with Gasteiger partial charge in [-0.3, -0.25) is 19.5 Å². The quantitative estimate of drug-likeness (QED) is 0.0729. The van der Waals surface area contributed by atoms with Crippen LogP contribution in [0, 0.1) is 13.7 Å². The Labute approximate surface area is 301 Å². The Morgan fingerprint density at radius 2 is 1.96 bits per heavy atom. The SMILES string of the molecule is CCOC(=O)C1=C(C)N=c2s/c(=C\c3cc(Br)c(OCc4cccc([N+](=O)[O-])c4)c(I)c3)c(=O)n2[C@H]1c1ccc(OC(C)C)c(OC)c1. The van der Waals surface area contributed by atoms with Crippen molar-refractivity contribution in [3.8, 4) is 17.2 Å². The van der Waals surface area contributed by atoms with Gasteiger partial charge in [0.25, 0.3) is 11.2 Å². The molecule has 0 amide bonds. The van der Waals surface area contributed by atoms with Gasteiger partial charge < -0.3 is 18.9 Å². The summed E-state index contributed by atoms with van der Waals surface area (Å²) in [6.07, 6.45) is 1.68. The van der Waals surface area contributed by atoms with Crippen LogP contribution >= 0.6 is 49.9 Å². The lowest BCUT2D eigenvalue weighted by Crippen LogP contribution is -2.40. The van der Waals surface area contributed by atoms with Gasteiger partial charge in [0.1, 0.15) is 12.4 Å². The molecule has 0 radical (unpaired) electrons. The summed E-state index contributed by atoms with van der Waals surface area (Å²) in [5, 5.41) is 11.2. The number of aromatic nitrogens is 1. The molecule has 4 aromatic rings. The second-order valence-corrected chi connectivity index (χ2v) is 13.9. The van der Waals surface area contributed by atoms with Crippen LogP contribution < -0.4 is 29.1 Å². The van der Waals surface area contributed by atoms with Gasteiger partial charge in [-0.05, 0) is 113 Å². The van der Waals surface area contributed by atoms with Crippen molar-refractivity contribution >= 4 is 67.6 Å². The highest BCUT2D eigenvalue weighted by molar-refractivity contribution is 14.1. The summed E-state index contributed by atoms with van der Waals surface area (Å²) in [5.41, 5.74) is 2.41. The van der Waals surface area contributed by atoms with Gasteiger partial charge in [-0.1, -0.05) is 29.5 Å². The fourth-order valence-electron chi connectivity index (χ4n) is 5.18. The van der Waals surface area contributed by atoms with Crippen LogP contribution in [0.5, 0.6) is 17.2 Å². The van der Waals surface area contributed by atoms with Crippen molar-refractivity contribution in [1.29, 1.82) is 0 Å². The lowest BCUT2D eigenvalue weighted by atomic mass is 9.95. The van der Waals surface area contributed by atoms with Crippen LogP contribution in [-0.4, -0.2) is 35.3 Å². The highest BCUT2D eigenvalue weighted by Gasteiger charge is 2.34. The van der Waals surface area contributed by atoms with Crippen molar-refractivity contribution < 1.29 is 28.7 Å². The molecule has 5 rings (SSSR count). The summed E-state index contributed by atoms with van der Waals surface area (Å²) in [7, 11) is 1.54. The molecule has 0 unspecified atom stereocenters. The van der Waals surface area contributed by atoms with Crippen LogP contribution in [-0.2, 0) is 16.1 Å². The third-order valence-corrected chi connectivity index (χ3v) is 9.58. The Morgan fingerprint density at radius 3 is 2.62 bits per heavy atom. The number of allylic oxidation sites excluding steroid dienone is 1. The van der Waals surface area contributed by atoms with Crippen LogP contribution in [0.4, 0.5) is 5.69 Å². The number of benzene rings is 3. The molecular weight excluding hydrogens is 817 g/mol. The molecule has 0 saturated carbocycles. The molecule has 14 heteroatoms. The molecule has 3 aromatic carbocycles. The number of hydrogen-bond donors (Lipinski definition) is 0. The normalized spacial score (nSPS) is 14.4. The van der Waals surface area contributed by atoms with E-state index in [-0.39, 0.29) is 36.1 Å². The number of fused-ring (bicyclic) bond motifs is 1. The number of hydrogen-bond acceptors (Lipinski definition) is 10. The summed E-state index contributed by atoms with van der Waals surface area (Å²) in [4.78, 5) is 43.3. The largest absolute Gasteiger partial charge is 0.493 e. The number of thiazole rings is 1. The van der Waals surface area contributed by atoms with E-state index in [9.17, 15) is 19.7 Å². The van der Waals surface area contributed by atoms with E-state index in [1.165, 1.54) is 35.1 Å². The van der Waals surface area contributed by atoms with Crippen molar-refractivity contribution in [2.75, 3.05) is 13.7 Å². The average Bonchev–Trinajstić information content (AvgIpc) is 3.33. The monoisotopic (exact) mass is 847 g/mol. The zero-order chi connectivity index (χ0) is 34.7. The standard InChI is InChI=1S/C34H31BrIN3O8S/c1-6-45-33(41)29-19(4)37-34-38(30(29)22-10-11-26(47-18(2)3)27(16-22)44-5)32(40)28(48-34)15-21-13-24(35)31(25(36)14-21)46-17-20-8-7-9-23(12-20)39(42)43/h7-16,18,30H,6,17H2,1-5H3/b28-15-/t30-/m0/s1. The van der Waals surface area contributed by atoms with Gasteiger partial charge in [0.2, 0.25) is 0 Å². The number of non-ortho nitro benzene ring substituents is 1. The first-order valence-electron chi connectivity index (χ1n) is 14.8. The molecule has 0 spiro atoms. The van der Waals surface area contributed by atoms with Crippen molar-refractivity contribution in [3.63, 3.8) is 0 Å². The zero-order valence-electron chi connectivity index (χ0n) is 26.6. The number of methoxy groups -OCH3 is 1. The number of nitrogens with zero attached hydrogens (tertiary/aromatic N) is 3. The van der Waals surface area contributed by atoms with Gasteiger partial charge in [0.15, 0.2) is 16.3 Å². The van der Waals surface area contributed by atoms with E-state index >= 15 is 0 Å². The van der Waals surface area contributed by atoms with Crippen LogP contribution in [0.1, 0.15) is 50.4 Å². The Balaban J connectivity index is 1.55. The third kappa shape index (κ3) is 7.50. The second kappa shape index (κ2) is 15.0. The average molecular weight is 849 g/mol. The minimum Gasteiger partial charge on any atom is -0.493 e. The van der Waals surface area contributed by atoms with Crippen LogP contribution in [0.2, 0.25) is 0 Å². The lowest BCUT2D eigenvalue weighted by molar-refractivity contribution is -0.384. The Hall–Kier alpha value is -4.02. The van der Waals surface area contributed by atoms with Crippen molar-refractivity contribution in [2.45, 2.75) is 46.4 Å². The van der Waals surface area contributed by atoms with Gasteiger partial charge in [-0.25, -0.2) is 9.79 Å². The predicted octanol–water partition coefficient (Wildman–Crippen LogP) is 6.45. The van der Waals surface area contributed by atoms with Crippen molar-refractivity contribution in [2.24, 2.45) is 4.99 Å². The Bertz CT molecular complexity index is 2100. The fourth-order valence-corrected chi connectivity index (χ4v) is 8.00. The summed E-state index contributed by atoms with van der Waals surface area (Å²) in [5.74, 6) is 1.01. The van der Waals surface area contributed by atoms with Crippen LogP contribution in [0.15, 0.2) is 80.1 Å². The summed E-state index contributed by atoms with van der Waals surface area (Å²) in [6, 6.07) is 14.5. The molecule has 48 heavy (non-hydrogen) atoms. The van der Waals surface area contributed by atoms with E-state index in [4.69, 9.17) is 18.9 Å². The topological polar surface area (TPSA) is 131 Å². The first kappa shape index (κ1) is 35.3. The zero-order valence-corrected chi connectivity index (χ0v) is 31.2. The number of nitro groups is 1. The molecule has 2 heterocycles. The molecule has 0 N–H and O–H groups in total. The molecule has 0 aliphatic carbocycles. The van der Waals surface area contributed by atoms with Gasteiger partial charge in [-0.15, -0.1) is 0 Å². The molecule has 1 aliphatic rings. The smallest absolute Gasteiger partial charge is 0.338 e. The number of nitro benzene ring substituents is 1. The molecular formula is C34H31BrIN3O8S. The molecule has 0 bridgehead atoms. The number of esters is 1. The van der Waals surface area contributed by atoms with E-state index in [1.807, 2.05) is 32.0 Å². The van der Waals surface area contributed by atoms with Crippen molar-refractivity contribution in [1.82, 2.24) is 4.57 Å². The molecule has 0 saturated heterocycles. The maximum atomic E-state index is 14.1. The number of ether oxygens (including phenoxy) is 4. The van der Waals surface area contributed by atoms with Gasteiger partial charge in [0.05, 0.1) is 54.6 Å². The summed E-state index contributed by atoms with van der Waals surface area (Å²) >= 11 is 6.94. The molecule has 1 aliphatic heterocycles. The van der Waals surface area contributed by atoms with E-state index in [0.29, 0.717) is 47.9 Å². The Kier molecular flexibility index (Phi) is 11.1. The number of carbonyl (C=O) groups is 1. The maximum Gasteiger partial charge on any atom is 0.338 e. The van der Waals surface area contributed by atoms with E-state index in [2.05, 4.69) is 43.5 Å². The second-order valence-electron chi connectivity index (χ2n) is 10.9. The van der Waals surface area contributed by atoms with E-state index in [0.717, 1.165) is 9.13 Å². The maximum absolute atomic E-state index is 14.1. The first-order valence-corrected chi connectivity index (χ1v) is 17.5. The first-order chi connectivity index (χ1) is 22.9. The number of halogens is 2. The molecule has 0 fully saturated rings. The number of rotatable bonds is 11. The molecule has 1 aromatic heterocycles.